The van der Waals surface area contributed by atoms with E-state index >= 15 is 0 Å². The number of thioether (sulfide) groups is 1. The summed E-state index contributed by atoms with van der Waals surface area (Å²) in [7, 11) is -3.66. The number of fused-ring (bicyclic) bond motifs is 1. The Bertz CT molecular complexity index is 1270. The van der Waals surface area contributed by atoms with Gasteiger partial charge in [-0.2, -0.15) is 4.31 Å². The van der Waals surface area contributed by atoms with E-state index < -0.39 is 21.7 Å². The van der Waals surface area contributed by atoms with Crippen LogP contribution >= 0.6 is 11.8 Å². The lowest BCUT2D eigenvalue weighted by Gasteiger charge is -2.26. The minimum absolute atomic E-state index is 0.0418. The molecule has 3 aromatic rings. The molecule has 2 fully saturated rings. The van der Waals surface area contributed by atoms with Gasteiger partial charge in [-0.1, -0.05) is 11.8 Å². The van der Waals surface area contributed by atoms with Crippen molar-refractivity contribution >= 4 is 32.8 Å². The van der Waals surface area contributed by atoms with Crippen molar-refractivity contribution in [2.45, 2.75) is 41.3 Å². The third-order valence-electron chi connectivity index (χ3n) is 5.99. The first-order valence-electron chi connectivity index (χ1n) is 11.2. The van der Waals surface area contributed by atoms with Crippen molar-refractivity contribution in [1.29, 1.82) is 0 Å². The van der Waals surface area contributed by atoms with E-state index in [0.29, 0.717) is 61.4 Å². The summed E-state index contributed by atoms with van der Waals surface area (Å²) in [6, 6.07) is 8.43. The molecule has 2 aromatic carbocycles. The average molecular weight is 510 g/mol. The molecule has 2 aliphatic rings. The standard InChI is InChI=1S/C23H25F2N3O4S2/c24-17-10-16(11-18(25)12-17)15-33-23-26-21-13-20(34(29,30)27-5-8-31-9-6-27)3-4-22(21)28(23)14-19-2-1-7-32-19/h3-4,10-13,19H,1-2,5-9,14-15H2/t19-/m0/s1. The molecule has 11 heteroatoms. The number of rotatable bonds is 7. The molecule has 34 heavy (non-hydrogen) atoms. The summed E-state index contributed by atoms with van der Waals surface area (Å²) in [5.41, 5.74) is 1.86. The molecule has 0 aliphatic carbocycles. The Morgan fingerprint density at radius 3 is 2.53 bits per heavy atom. The van der Waals surface area contributed by atoms with Crippen LogP contribution in [0.4, 0.5) is 8.78 Å². The summed E-state index contributed by atoms with van der Waals surface area (Å²) in [4.78, 5) is 4.90. The van der Waals surface area contributed by atoms with Crippen molar-refractivity contribution < 1.29 is 26.7 Å². The summed E-state index contributed by atoms with van der Waals surface area (Å²) in [5.74, 6) is -0.925. The lowest BCUT2D eigenvalue weighted by Crippen LogP contribution is -2.40. The van der Waals surface area contributed by atoms with Crippen LogP contribution in [-0.2, 0) is 31.8 Å². The smallest absolute Gasteiger partial charge is 0.243 e. The van der Waals surface area contributed by atoms with E-state index in [1.165, 1.54) is 28.2 Å². The molecule has 2 saturated heterocycles. The van der Waals surface area contributed by atoms with Crippen LogP contribution < -0.4 is 0 Å². The molecule has 0 saturated carbocycles. The summed E-state index contributed by atoms with van der Waals surface area (Å²) < 4.78 is 68.0. The van der Waals surface area contributed by atoms with Gasteiger partial charge in [-0.15, -0.1) is 0 Å². The number of imidazole rings is 1. The summed E-state index contributed by atoms with van der Waals surface area (Å²) >= 11 is 1.35. The van der Waals surface area contributed by atoms with Crippen molar-refractivity contribution in [2.75, 3.05) is 32.9 Å². The molecule has 182 valence electrons. The third kappa shape index (κ3) is 4.99. The zero-order chi connectivity index (χ0) is 23.7. The Kier molecular flexibility index (Phi) is 6.90. The van der Waals surface area contributed by atoms with Gasteiger partial charge < -0.3 is 14.0 Å². The largest absolute Gasteiger partial charge is 0.379 e. The highest BCUT2D eigenvalue weighted by molar-refractivity contribution is 7.98. The number of hydrogen-bond acceptors (Lipinski definition) is 6. The van der Waals surface area contributed by atoms with Gasteiger partial charge >= 0.3 is 0 Å². The van der Waals surface area contributed by atoms with E-state index in [1.807, 2.05) is 4.57 Å². The Morgan fingerprint density at radius 2 is 1.82 bits per heavy atom. The van der Waals surface area contributed by atoms with Gasteiger partial charge in [0.05, 0.1) is 41.8 Å². The number of morpholine rings is 1. The summed E-state index contributed by atoms with van der Waals surface area (Å²) in [6.07, 6.45) is 1.97. The van der Waals surface area contributed by atoms with Gasteiger partial charge in [0.2, 0.25) is 10.0 Å². The molecule has 0 unspecified atom stereocenters. The molecule has 0 radical (unpaired) electrons. The minimum Gasteiger partial charge on any atom is -0.379 e. The zero-order valence-electron chi connectivity index (χ0n) is 18.5. The second kappa shape index (κ2) is 9.90. The molecule has 7 nitrogen and oxygen atoms in total. The van der Waals surface area contributed by atoms with Gasteiger partial charge in [0.1, 0.15) is 11.6 Å². The SMILES string of the molecule is O=S(=O)(c1ccc2c(c1)nc(SCc1cc(F)cc(F)c1)n2C[C@@H]1CCCO1)N1CCOCC1. The van der Waals surface area contributed by atoms with Gasteiger partial charge in [-0.25, -0.2) is 22.2 Å². The second-order valence-electron chi connectivity index (χ2n) is 8.37. The number of halogens is 2. The van der Waals surface area contributed by atoms with Crippen molar-refractivity contribution in [2.24, 2.45) is 0 Å². The highest BCUT2D eigenvalue weighted by Crippen LogP contribution is 2.31. The summed E-state index contributed by atoms with van der Waals surface area (Å²) in [6.45, 7) is 2.67. The van der Waals surface area contributed by atoms with Gasteiger partial charge in [0, 0.05) is 31.5 Å². The maximum Gasteiger partial charge on any atom is 0.243 e. The maximum absolute atomic E-state index is 13.6. The van der Waals surface area contributed by atoms with Crippen LogP contribution in [0.3, 0.4) is 0 Å². The average Bonchev–Trinajstić information content (AvgIpc) is 3.45. The van der Waals surface area contributed by atoms with Crippen molar-refractivity contribution in [3.05, 3.63) is 53.6 Å². The Morgan fingerprint density at radius 1 is 1.06 bits per heavy atom. The van der Waals surface area contributed by atoms with Crippen LogP contribution in [0.2, 0.25) is 0 Å². The van der Waals surface area contributed by atoms with Crippen LogP contribution in [0.1, 0.15) is 18.4 Å². The molecule has 5 rings (SSSR count). The van der Waals surface area contributed by atoms with Crippen LogP contribution in [0.5, 0.6) is 0 Å². The van der Waals surface area contributed by atoms with E-state index in [9.17, 15) is 17.2 Å². The molecule has 0 N–H and O–H groups in total. The van der Waals surface area contributed by atoms with E-state index in [0.717, 1.165) is 24.4 Å². The molecule has 3 heterocycles. The molecule has 1 aromatic heterocycles. The number of benzene rings is 2. The highest BCUT2D eigenvalue weighted by atomic mass is 32.2. The highest BCUT2D eigenvalue weighted by Gasteiger charge is 2.28. The van der Waals surface area contributed by atoms with Gasteiger partial charge in [0.25, 0.3) is 0 Å². The number of nitrogens with zero attached hydrogens (tertiary/aromatic N) is 3. The maximum atomic E-state index is 13.6. The lowest BCUT2D eigenvalue weighted by molar-refractivity contribution is 0.0730. The van der Waals surface area contributed by atoms with Gasteiger partial charge in [-0.3, -0.25) is 0 Å². The van der Waals surface area contributed by atoms with E-state index in [-0.39, 0.29) is 11.0 Å². The predicted molar refractivity (Wildman–Crippen MR) is 124 cm³/mol. The van der Waals surface area contributed by atoms with Crippen LogP contribution in [-0.4, -0.2) is 61.3 Å². The molecular weight excluding hydrogens is 484 g/mol. The number of aromatic nitrogens is 2. The molecule has 2 aliphatic heterocycles. The van der Waals surface area contributed by atoms with Crippen LogP contribution in [0.15, 0.2) is 46.5 Å². The lowest BCUT2D eigenvalue weighted by atomic mass is 10.2. The molecule has 0 bridgehead atoms. The number of ether oxygens (including phenoxy) is 2. The zero-order valence-corrected chi connectivity index (χ0v) is 20.1. The van der Waals surface area contributed by atoms with Crippen molar-refractivity contribution in [3.63, 3.8) is 0 Å². The Labute approximate surface area is 201 Å². The third-order valence-corrected chi connectivity index (χ3v) is 8.94. The molecule has 0 spiro atoms. The van der Waals surface area contributed by atoms with Gasteiger partial charge in [0.15, 0.2) is 5.16 Å². The Hall–Kier alpha value is -2.05. The van der Waals surface area contributed by atoms with E-state index in [1.54, 1.807) is 18.2 Å². The molecular formula is C23H25F2N3O4S2. The summed E-state index contributed by atoms with van der Waals surface area (Å²) in [5, 5.41) is 0.649. The first-order valence-corrected chi connectivity index (χ1v) is 13.6. The van der Waals surface area contributed by atoms with Crippen LogP contribution in [0, 0.1) is 11.6 Å². The van der Waals surface area contributed by atoms with Crippen molar-refractivity contribution in [3.8, 4) is 0 Å². The normalized spacial score (nSPS) is 19.8. The fraction of sp³-hybridized carbons (Fsp3) is 0.435. The van der Waals surface area contributed by atoms with Crippen LogP contribution in [0.25, 0.3) is 11.0 Å². The number of hydrogen-bond donors (Lipinski definition) is 0. The first-order chi connectivity index (χ1) is 16.4. The monoisotopic (exact) mass is 509 g/mol. The Balaban J connectivity index is 1.47. The van der Waals surface area contributed by atoms with E-state index in [2.05, 4.69) is 0 Å². The van der Waals surface area contributed by atoms with Gasteiger partial charge in [-0.05, 0) is 48.7 Å². The fourth-order valence-electron chi connectivity index (χ4n) is 4.30. The topological polar surface area (TPSA) is 73.7 Å². The van der Waals surface area contributed by atoms with E-state index in [4.69, 9.17) is 14.5 Å². The first kappa shape index (κ1) is 23.7. The molecule has 1 atom stereocenters. The fourth-order valence-corrected chi connectivity index (χ4v) is 6.69. The molecule has 0 amide bonds. The quantitative estimate of drug-likeness (QED) is 0.451. The number of sulfonamides is 1. The minimum atomic E-state index is -3.66. The van der Waals surface area contributed by atoms with Crippen molar-refractivity contribution in [1.82, 2.24) is 13.9 Å². The second-order valence-corrected chi connectivity index (χ2v) is 11.3. The predicted octanol–water partition coefficient (Wildman–Crippen LogP) is 3.81.